The van der Waals surface area contributed by atoms with E-state index in [1.807, 2.05) is 39.7 Å². The van der Waals surface area contributed by atoms with Crippen molar-refractivity contribution in [1.82, 2.24) is 14.3 Å². The van der Waals surface area contributed by atoms with Crippen LogP contribution in [-0.2, 0) is 11.3 Å². The van der Waals surface area contributed by atoms with Gasteiger partial charge in [-0.1, -0.05) is 25.1 Å². The van der Waals surface area contributed by atoms with Gasteiger partial charge in [-0.25, -0.2) is 4.68 Å². The Morgan fingerprint density at radius 1 is 1.26 bits per heavy atom. The number of Topliss-reactive ketones (excluding diaryl/α,β-unsaturated/α-hetero) is 1. The Bertz CT molecular complexity index is 997. The van der Waals surface area contributed by atoms with Gasteiger partial charge in [-0.3, -0.25) is 9.59 Å². The number of carbonyl (C=O) groups is 2. The Hall–Kier alpha value is -2.89. The molecule has 0 bridgehead atoms. The van der Waals surface area contributed by atoms with E-state index in [2.05, 4.69) is 24.3 Å². The van der Waals surface area contributed by atoms with Gasteiger partial charge in [0.15, 0.2) is 5.78 Å². The number of nitrogens with one attached hydrogen (secondary N) is 1. The number of ketones is 1. The number of anilines is 1. The molecule has 1 fully saturated rings. The smallest absolute Gasteiger partial charge is 0.245 e. The van der Waals surface area contributed by atoms with E-state index in [0.29, 0.717) is 5.82 Å². The first kappa shape index (κ1) is 17.5. The van der Waals surface area contributed by atoms with Crippen molar-refractivity contribution < 1.29 is 9.59 Å². The van der Waals surface area contributed by atoms with Gasteiger partial charge in [-0.2, -0.15) is 5.10 Å². The molecular weight excluding hydrogens is 340 g/mol. The Labute approximate surface area is 158 Å². The van der Waals surface area contributed by atoms with Crippen LogP contribution in [0.5, 0.6) is 0 Å². The number of benzene rings is 1. The molecule has 1 atom stereocenters. The minimum atomic E-state index is -0.133. The molecule has 6 heteroatoms. The van der Waals surface area contributed by atoms with Crippen molar-refractivity contribution in [1.29, 1.82) is 0 Å². The minimum Gasteiger partial charge on any atom is -0.337 e. The number of aromatic nitrogens is 3. The molecule has 0 aliphatic heterocycles. The molecule has 0 spiro atoms. The lowest BCUT2D eigenvalue weighted by molar-refractivity contribution is -0.116. The fourth-order valence-corrected chi connectivity index (χ4v) is 3.41. The monoisotopic (exact) mass is 364 g/mol. The zero-order valence-corrected chi connectivity index (χ0v) is 15.7. The van der Waals surface area contributed by atoms with Gasteiger partial charge in [0.25, 0.3) is 0 Å². The summed E-state index contributed by atoms with van der Waals surface area (Å²) < 4.78 is 3.69. The third-order valence-corrected chi connectivity index (χ3v) is 5.26. The van der Waals surface area contributed by atoms with E-state index in [9.17, 15) is 9.59 Å². The quantitative estimate of drug-likeness (QED) is 0.643. The molecule has 0 radical (unpaired) electrons. The molecule has 140 valence electrons. The highest BCUT2D eigenvalue weighted by Gasteiger charge is 2.32. The largest absolute Gasteiger partial charge is 0.337 e. The Balaban J connectivity index is 1.57. The SMILES string of the molecule is CC[C@@H](C)n1nccc1NC(=O)Cn1cc(C(=O)C2CC2)c2ccccc21. The van der Waals surface area contributed by atoms with Crippen molar-refractivity contribution in [2.45, 2.75) is 45.7 Å². The van der Waals surface area contributed by atoms with Gasteiger partial charge in [-0.05, 0) is 32.3 Å². The lowest BCUT2D eigenvalue weighted by Gasteiger charge is -2.14. The van der Waals surface area contributed by atoms with Crippen LogP contribution in [0.1, 0.15) is 49.5 Å². The van der Waals surface area contributed by atoms with E-state index in [0.717, 1.165) is 35.7 Å². The van der Waals surface area contributed by atoms with Gasteiger partial charge < -0.3 is 9.88 Å². The first-order chi connectivity index (χ1) is 13.1. The average Bonchev–Trinajstić information content (AvgIpc) is 3.33. The molecule has 2 heterocycles. The molecule has 2 aromatic heterocycles. The third kappa shape index (κ3) is 3.39. The highest BCUT2D eigenvalue weighted by Crippen LogP contribution is 2.35. The second-order valence-electron chi connectivity index (χ2n) is 7.29. The molecule has 1 aliphatic carbocycles. The molecule has 1 aromatic carbocycles. The number of rotatable bonds is 7. The summed E-state index contributed by atoms with van der Waals surface area (Å²) in [5.41, 5.74) is 1.64. The van der Waals surface area contributed by atoms with Crippen LogP contribution in [0, 0.1) is 5.92 Å². The van der Waals surface area contributed by atoms with Crippen molar-refractivity contribution in [3.8, 4) is 0 Å². The number of fused-ring (bicyclic) bond motifs is 1. The van der Waals surface area contributed by atoms with Crippen molar-refractivity contribution in [2.24, 2.45) is 5.92 Å². The molecule has 0 saturated heterocycles. The lowest BCUT2D eigenvalue weighted by Crippen LogP contribution is -2.21. The van der Waals surface area contributed by atoms with Crippen LogP contribution in [0.25, 0.3) is 10.9 Å². The van der Waals surface area contributed by atoms with Gasteiger partial charge in [0.05, 0.1) is 12.2 Å². The summed E-state index contributed by atoms with van der Waals surface area (Å²) in [6.07, 6.45) is 6.40. The van der Waals surface area contributed by atoms with Crippen molar-refractivity contribution in [3.63, 3.8) is 0 Å². The van der Waals surface area contributed by atoms with E-state index in [-0.39, 0.29) is 30.2 Å². The van der Waals surface area contributed by atoms with E-state index in [1.54, 1.807) is 12.3 Å². The zero-order valence-electron chi connectivity index (χ0n) is 15.7. The maximum Gasteiger partial charge on any atom is 0.245 e. The van der Waals surface area contributed by atoms with Crippen LogP contribution in [0.2, 0.25) is 0 Å². The maximum absolute atomic E-state index is 12.7. The number of hydrogen-bond acceptors (Lipinski definition) is 3. The van der Waals surface area contributed by atoms with E-state index in [4.69, 9.17) is 0 Å². The van der Waals surface area contributed by atoms with Crippen LogP contribution < -0.4 is 5.32 Å². The highest BCUT2D eigenvalue weighted by atomic mass is 16.2. The minimum absolute atomic E-state index is 0.133. The first-order valence-corrected chi connectivity index (χ1v) is 9.54. The molecule has 1 aliphatic rings. The van der Waals surface area contributed by atoms with Gasteiger partial charge in [0, 0.05) is 34.6 Å². The summed E-state index contributed by atoms with van der Waals surface area (Å²) in [4.78, 5) is 25.3. The predicted molar refractivity (Wildman–Crippen MR) is 105 cm³/mol. The molecule has 1 N–H and O–H groups in total. The Kier molecular flexibility index (Phi) is 4.56. The van der Waals surface area contributed by atoms with Crippen molar-refractivity contribution in [2.75, 3.05) is 5.32 Å². The maximum atomic E-state index is 12.7. The summed E-state index contributed by atoms with van der Waals surface area (Å²) in [6, 6.07) is 9.79. The predicted octanol–water partition coefficient (Wildman–Crippen LogP) is 4.04. The fourth-order valence-electron chi connectivity index (χ4n) is 3.41. The van der Waals surface area contributed by atoms with Gasteiger partial charge in [0.2, 0.25) is 5.91 Å². The van der Waals surface area contributed by atoms with Crippen LogP contribution in [0.15, 0.2) is 42.7 Å². The number of hydrogen-bond donors (Lipinski definition) is 1. The van der Waals surface area contributed by atoms with Gasteiger partial charge >= 0.3 is 0 Å². The zero-order chi connectivity index (χ0) is 19.0. The summed E-state index contributed by atoms with van der Waals surface area (Å²) >= 11 is 0. The average molecular weight is 364 g/mol. The van der Waals surface area contributed by atoms with Gasteiger partial charge in [0.1, 0.15) is 12.4 Å². The summed E-state index contributed by atoms with van der Waals surface area (Å²) in [5.74, 6) is 0.912. The molecule has 3 aromatic rings. The van der Waals surface area contributed by atoms with E-state index in [1.165, 1.54) is 0 Å². The van der Waals surface area contributed by atoms with E-state index >= 15 is 0 Å². The Morgan fingerprint density at radius 3 is 2.78 bits per heavy atom. The fraction of sp³-hybridized carbons (Fsp3) is 0.381. The summed E-state index contributed by atoms with van der Waals surface area (Å²) in [6.45, 7) is 4.31. The molecular formula is C21H24N4O2. The number of nitrogens with zero attached hydrogens (tertiary/aromatic N) is 3. The van der Waals surface area contributed by atoms with Crippen LogP contribution in [0.3, 0.4) is 0 Å². The standard InChI is InChI=1S/C21H24N4O2/c1-3-14(2)25-19(10-11-22-25)23-20(26)13-24-12-17(21(27)15-8-9-15)16-6-4-5-7-18(16)24/h4-7,10-12,14-15H,3,8-9,13H2,1-2H3,(H,23,26)/t14-/m1/s1. The molecule has 0 unspecified atom stereocenters. The third-order valence-electron chi connectivity index (χ3n) is 5.26. The topological polar surface area (TPSA) is 68.9 Å². The Morgan fingerprint density at radius 2 is 2.04 bits per heavy atom. The van der Waals surface area contributed by atoms with Crippen LogP contribution in [0.4, 0.5) is 5.82 Å². The lowest BCUT2D eigenvalue weighted by atomic mass is 10.1. The molecule has 4 rings (SSSR count). The second-order valence-corrected chi connectivity index (χ2v) is 7.29. The van der Waals surface area contributed by atoms with Crippen molar-refractivity contribution >= 4 is 28.4 Å². The highest BCUT2D eigenvalue weighted by molar-refractivity contribution is 6.10. The van der Waals surface area contributed by atoms with Crippen LogP contribution >= 0.6 is 0 Å². The summed E-state index contributed by atoms with van der Waals surface area (Å²) in [7, 11) is 0. The molecule has 1 saturated carbocycles. The number of amides is 1. The molecule has 6 nitrogen and oxygen atoms in total. The number of carbonyl (C=O) groups excluding carboxylic acids is 2. The molecule has 27 heavy (non-hydrogen) atoms. The van der Waals surface area contributed by atoms with Gasteiger partial charge in [-0.15, -0.1) is 0 Å². The number of para-hydroxylation sites is 1. The molecule has 1 amide bonds. The van der Waals surface area contributed by atoms with Crippen LogP contribution in [-0.4, -0.2) is 26.0 Å². The second kappa shape index (κ2) is 7.02. The summed E-state index contributed by atoms with van der Waals surface area (Å²) in [5, 5.41) is 8.17. The van der Waals surface area contributed by atoms with E-state index < -0.39 is 0 Å². The van der Waals surface area contributed by atoms with Crippen molar-refractivity contribution in [3.05, 3.63) is 48.3 Å². The first-order valence-electron chi connectivity index (χ1n) is 9.54. The normalized spacial score (nSPS) is 15.0.